The lowest BCUT2D eigenvalue weighted by Gasteiger charge is -2.20. The van der Waals surface area contributed by atoms with Crippen LogP contribution in [0.2, 0.25) is 0 Å². The van der Waals surface area contributed by atoms with Crippen LogP contribution in [0.3, 0.4) is 0 Å². The van der Waals surface area contributed by atoms with E-state index in [0.29, 0.717) is 11.7 Å². The quantitative estimate of drug-likeness (QED) is 0.571. The summed E-state index contributed by atoms with van der Waals surface area (Å²) in [5.41, 5.74) is 2.16. The predicted molar refractivity (Wildman–Crippen MR) is 101 cm³/mol. The van der Waals surface area contributed by atoms with Gasteiger partial charge in [-0.15, -0.1) is 0 Å². The van der Waals surface area contributed by atoms with E-state index < -0.39 is 0 Å². The molecule has 0 saturated heterocycles. The summed E-state index contributed by atoms with van der Waals surface area (Å²) >= 11 is 5.41. The van der Waals surface area contributed by atoms with E-state index >= 15 is 0 Å². The molecule has 0 amide bonds. The van der Waals surface area contributed by atoms with Gasteiger partial charge >= 0.3 is 0 Å². The Labute approximate surface area is 143 Å². The second-order valence-corrected chi connectivity index (χ2v) is 5.50. The van der Waals surface area contributed by atoms with Crippen LogP contribution in [0.4, 0.5) is 5.69 Å². The Bertz CT molecular complexity index is 626. The lowest BCUT2D eigenvalue weighted by Crippen LogP contribution is -2.32. The molecule has 2 aromatic rings. The average Bonchev–Trinajstić information content (AvgIpc) is 2.60. The number of hydrogen-bond donors (Lipinski definition) is 2. The van der Waals surface area contributed by atoms with E-state index in [9.17, 15) is 0 Å². The van der Waals surface area contributed by atoms with Gasteiger partial charge in [-0.2, -0.15) is 0 Å². The number of rotatable bonds is 7. The zero-order chi connectivity index (χ0) is 16.5. The molecule has 0 radical (unpaired) electrons. The van der Waals surface area contributed by atoms with Gasteiger partial charge in [0.2, 0.25) is 0 Å². The summed E-state index contributed by atoms with van der Waals surface area (Å²) in [6.45, 7) is 6.27. The maximum atomic E-state index is 5.46. The molecule has 0 saturated carbocycles. The van der Waals surface area contributed by atoms with E-state index in [-0.39, 0.29) is 6.04 Å². The van der Waals surface area contributed by atoms with Gasteiger partial charge in [0.25, 0.3) is 0 Å². The van der Waals surface area contributed by atoms with Crippen LogP contribution in [0, 0.1) is 0 Å². The third-order valence-electron chi connectivity index (χ3n) is 3.40. The van der Waals surface area contributed by atoms with Crippen LogP contribution < -0.4 is 15.4 Å². The van der Waals surface area contributed by atoms with E-state index in [1.54, 1.807) is 6.08 Å². The van der Waals surface area contributed by atoms with Crippen molar-refractivity contribution in [3.05, 3.63) is 72.8 Å². The number of hydrogen-bond acceptors (Lipinski definition) is 2. The van der Waals surface area contributed by atoms with Crippen molar-refractivity contribution in [1.29, 1.82) is 0 Å². The zero-order valence-electron chi connectivity index (χ0n) is 13.3. The minimum absolute atomic E-state index is 0.200. The largest absolute Gasteiger partial charge is 0.490 e. The van der Waals surface area contributed by atoms with Gasteiger partial charge in [-0.25, -0.2) is 0 Å². The van der Waals surface area contributed by atoms with Crippen molar-refractivity contribution < 1.29 is 4.74 Å². The molecule has 3 nitrogen and oxygen atoms in total. The molecule has 0 heterocycles. The van der Waals surface area contributed by atoms with Crippen LogP contribution in [-0.2, 0) is 0 Å². The summed E-state index contributed by atoms with van der Waals surface area (Å²) in [4.78, 5) is 0. The van der Waals surface area contributed by atoms with Crippen molar-refractivity contribution >= 4 is 23.0 Å². The van der Waals surface area contributed by atoms with Gasteiger partial charge in [0.05, 0.1) is 6.04 Å². The molecule has 2 aromatic carbocycles. The smallest absolute Gasteiger partial charge is 0.171 e. The Morgan fingerprint density at radius 2 is 1.87 bits per heavy atom. The fourth-order valence-corrected chi connectivity index (χ4v) is 2.48. The molecule has 2 rings (SSSR count). The summed E-state index contributed by atoms with van der Waals surface area (Å²) in [7, 11) is 0. The first-order valence-corrected chi connectivity index (χ1v) is 8.10. The van der Waals surface area contributed by atoms with Gasteiger partial charge in [0.15, 0.2) is 5.11 Å². The van der Waals surface area contributed by atoms with E-state index in [1.807, 2.05) is 42.5 Å². The van der Waals surface area contributed by atoms with E-state index in [4.69, 9.17) is 17.0 Å². The molecule has 0 aliphatic heterocycles. The Kier molecular flexibility index (Phi) is 6.63. The summed E-state index contributed by atoms with van der Waals surface area (Å²) in [5.74, 6) is 0.810. The van der Waals surface area contributed by atoms with E-state index in [2.05, 4.69) is 36.3 Å². The summed E-state index contributed by atoms with van der Waals surface area (Å²) < 4.78 is 5.46. The number of ether oxygens (including phenoxy) is 1. The topological polar surface area (TPSA) is 33.3 Å². The fraction of sp³-hybridized carbons (Fsp3) is 0.211. The molecule has 2 N–H and O–H groups in total. The van der Waals surface area contributed by atoms with Crippen LogP contribution in [0.1, 0.15) is 24.9 Å². The minimum Gasteiger partial charge on any atom is -0.490 e. The number of thiocarbonyl (C=S) groups is 1. The zero-order valence-corrected chi connectivity index (χ0v) is 14.1. The number of nitrogens with one attached hydrogen (secondary N) is 2. The highest BCUT2D eigenvalue weighted by atomic mass is 32.1. The molecule has 23 heavy (non-hydrogen) atoms. The monoisotopic (exact) mass is 326 g/mol. The Balaban J connectivity index is 1.92. The molecular formula is C19H22N2OS. The minimum atomic E-state index is 0.200. The Morgan fingerprint density at radius 3 is 2.48 bits per heavy atom. The highest BCUT2D eigenvalue weighted by Crippen LogP contribution is 2.18. The maximum absolute atomic E-state index is 5.46. The third kappa shape index (κ3) is 5.42. The van der Waals surface area contributed by atoms with Crippen LogP contribution in [0.15, 0.2) is 67.3 Å². The summed E-state index contributed by atoms with van der Waals surface area (Å²) in [6.07, 6.45) is 2.68. The third-order valence-corrected chi connectivity index (χ3v) is 3.62. The Hall–Kier alpha value is -2.33. The molecular weight excluding hydrogens is 304 g/mol. The molecule has 4 heteroatoms. The first kappa shape index (κ1) is 17.0. The Morgan fingerprint density at radius 1 is 1.17 bits per heavy atom. The van der Waals surface area contributed by atoms with Crippen LogP contribution in [-0.4, -0.2) is 11.7 Å². The van der Waals surface area contributed by atoms with Gasteiger partial charge in [-0.1, -0.05) is 49.9 Å². The van der Waals surface area contributed by atoms with Crippen molar-refractivity contribution in [2.45, 2.75) is 19.4 Å². The second kappa shape index (κ2) is 8.96. The molecule has 120 valence electrons. The van der Waals surface area contributed by atoms with Crippen LogP contribution in [0.25, 0.3) is 0 Å². The maximum Gasteiger partial charge on any atom is 0.171 e. The molecule has 0 spiro atoms. The normalized spacial score (nSPS) is 11.3. The van der Waals surface area contributed by atoms with Gasteiger partial charge < -0.3 is 15.4 Å². The van der Waals surface area contributed by atoms with E-state index in [1.165, 1.54) is 5.56 Å². The van der Waals surface area contributed by atoms with Gasteiger partial charge in [0, 0.05) is 5.69 Å². The van der Waals surface area contributed by atoms with Crippen molar-refractivity contribution in [2.75, 3.05) is 11.9 Å². The first-order chi connectivity index (χ1) is 11.2. The van der Waals surface area contributed by atoms with Crippen LogP contribution >= 0.6 is 12.2 Å². The van der Waals surface area contributed by atoms with Crippen LogP contribution in [0.5, 0.6) is 5.75 Å². The molecule has 0 aromatic heterocycles. The van der Waals surface area contributed by atoms with Gasteiger partial charge in [-0.3, -0.25) is 0 Å². The lowest BCUT2D eigenvalue weighted by molar-refractivity contribution is 0.363. The predicted octanol–water partition coefficient (Wildman–Crippen LogP) is 4.69. The van der Waals surface area contributed by atoms with Crippen molar-refractivity contribution in [2.24, 2.45) is 0 Å². The summed E-state index contributed by atoms with van der Waals surface area (Å²) in [5, 5.41) is 7.17. The molecule has 0 bridgehead atoms. The molecule has 0 fully saturated rings. The molecule has 0 aliphatic carbocycles. The number of anilines is 1. The lowest BCUT2D eigenvalue weighted by atomic mass is 10.1. The van der Waals surface area contributed by atoms with Gasteiger partial charge in [-0.05, 0) is 48.5 Å². The average molecular weight is 326 g/mol. The van der Waals surface area contributed by atoms with Crippen molar-refractivity contribution in [3.8, 4) is 5.75 Å². The number of benzene rings is 2. The SMILES string of the molecule is C=CCOc1ccc(NC(=S)N[C@@H](CC)c2ccccc2)cc1. The fourth-order valence-electron chi connectivity index (χ4n) is 2.22. The van der Waals surface area contributed by atoms with Crippen molar-refractivity contribution in [3.63, 3.8) is 0 Å². The van der Waals surface area contributed by atoms with Gasteiger partial charge in [0.1, 0.15) is 12.4 Å². The molecule has 0 aliphatic rings. The highest BCUT2D eigenvalue weighted by Gasteiger charge is 2.10. The first-order valence-electron chi connectivity index (χ1n) is 7.69. The van der Waals surface area contributed by atoms with E-state index in [0.717, 1.165) is 17.9 Å². The highest BCUT2D eigenvalue weighted by molar-refractivity contribution is 7.80. The summed E-state index contributed by atoms with van der Waals surface area (Å²) in [6, 6.07) is 18.2. The molecule has 0 unspecified atom stereocenters. The standard InChI is InChI=1S/C19H22N2OS/c1-3-14-22-17-12-10-16(11-13-17)20-19(23)21-18(4-2)15-8-6-5-7-9-15/h3,5-13,18H,1,4,14H2,2H3,(H2,20,21,23)/t18-/m0/s1. The van der Waals surface area contributed by atoms with Crippen molar-refractivity contribution in [1.82, 2.24) is 5.32 Å². The molecule has 1 atom stereocenters. The second-order valence-electron chi connectivity index (χ2n) is 5.09.